The number of phosphoric acid groups is 2. The molecule has 0 aliphatic heterocycles. The fourth-order valence-electron chi connectivity index (χ4n) is 11.4. The van der Waals surface area contributed by atoms with E-state index in [1.807, 2.05) is 0 Å². The van der Waals surface area contributed by atoms with Crippen molar-refractivity contribution in [1.29, 1.82) is 0 Å². The molecule has 0 fully saturated rings. The monoisotopic (exact) mass is 1380 g/mol. The Labute approximate surface area is 575 Å². The quantitative estimate of drug-likeness (QED) is 0.0222. The minimum Gasteiger partial charge on any atom is -0.462 e. The van der Waals surface area contributed by atoms with Crippen LogP contribution in [0.15, 0.2) is 0 Å². The highest BCUT2D eigenvalue weighted by Gasteiger charge is 2.30. The van der Waals surface area contributed by atoms with Crippen LogP contribution in [0, 0.1) is 11.8 Å². The third-order valence-corrected chi connectivity index (χ3v) is 20.1. The second-order valence-corrected chi connectivity index (χ2v) is 30.4. The van der Waals surface area contributed by atoms with Crippen LogP contribution in [-0.4, -0.2) is 96.7 Å². The largest absolute Gasteiger partial charge is 0.472 e. The number of ether oxygens (including phenoxy) is 4. The average Bonchev–Trinajstić information content (AvgIpc) is 2.33. The summed E-state index contributed by atoms with van der Waals surface area (Å²) in [6.45, 7) is 9.56. The molecule has 94 heavy (non-hydrogen) atoms. The molecular formula is C75H146O17P2. The highest BCUT2D eigenvalue weighted by atomic mass is 31.2. The maximum Gasteiger partial charge on any atom is 0.472 e. The van der Waals surface area contributed by atoms with Crippen molar-refractivity contribution in [2.75, 3.05) is 39.6 Å². The summed E-state index contributed by atoms with van der Waals surface area (Å²) in [6, 6.07) is 0. The van der Waals surface area contributed by atoms with Gasteiger partial charge in [-0.05, 0) is 37.5 Å². The molecule has 0 rings (SSSR count). The smallest absolute Gasteiger partial charge is 0.462 e. The number of hydrogen-bond acceptors (Lipinski definition) is 15. The summed E-state index contributed by atoms with van der Waals surface area (Å²) in [5, 5.41) is 10.6. The topological polar surface area (TPSA) is 237 Å². The van der Waals surface area contributed by atoms with Gasteiger partial charge in [-0.3, -0.25) is 37.3 Å². The predicted molar refractivity (Wildman–Crippen MR) is 381 cm³/mol. The first kappa shape index (κ1) is 92.1. The van der Waals surface area contributed by atoms with Crippen LogP contribution in [0.1, 0.15) is 388 Å². The van der Waals surface area contributed by atoms with Crippen molar-refractivity contribution in [3.63, 3.8) is 0 Å². The SMILES string of the molecule is CCCCCCCCCCCCCCCCCCCCCCCC(=O)O[C@H](COC(=O)CCCCCCCCCCC(C)CC)COP(=O)(O)OC[C@@H](O)COP(=O)(O)OC[C@@H](COC(=O)CCCCCCCCCCC)OC(=O)CCCCCCCCCCC(C)CC. The highest BCUT2D eigenvalue weighted by molar-refractivity contribution is 7.47. The van der Waals surface area contributed by atoms with Crippen LogP contribution in [0.5, 0.6) is 0 Å². The highest BCUT2D eigenvalue weighted by Crippen LogP contribution is 2.45. The van der Waals surface area contributed by atoms with Gasteiger partial charge < -0.3 is 33.8 Å². The Bertz CT molecular complexity index is 1820. The lowest BCUT2D eigenvalue weighted by atomic mass is 9.99. The fraction of sp³-hybridized carbons (Fsp3) is 0.947. The van der Waals surface area contributed by atoms with E-state index in [0.29, 0.717) is 25.7 Å². The molecule has 0 aliphatic rings. The number of rotatable bonds is 74. The van der Waals surface area contributed by atoms with Gasteiger partial charge in [-0.2, -0.15) is 0 Å². The molecule has 0 saturated heterocycles. The van der Waals surface area contributed by atoms with Crippen molar-refractivity contribution in [3.05, 3.63) is 0 Å². The van der Waals surface area contributed by atoms with Gasteiger partial charge in [-0.15, -0.1) is 0 Å². The van der Waals surface area contributed by atoms with Crippen LogP contribution in [0.4, 0.5) is 0 Å². The third-order valence-electron chi connectivity index (χ3n) is 18.2. The van der Waals surface area contributed by atoms with E-state index in [4.69, 9.17) is 37.0 Å². The van der Waals surface area contributed by atoms with Crippen molar-refractivity contribution >= 4 is 39.5 Å². The lowest BCUT2D eigenvalue weighted by Crippen LogP contribution is -2.30. The fourth-order valence-corrected chi connectivity index (χ4v) is 13.0. The van der Waals surface area contributed by atoms with Crippen molar-refractivity contribution in [1.82, 2.24) is 0 Å². The third kappa shape index (κ3) is 66.0. The zero-order valence-electron chi connectivity index (χ0n) is 61.3. The Morgan fingerprint density at radius 2 is 0.511 bits per heavy atom. The average molecular weight is 1380 g/mol. The molecule has 7 atom stereocenters. The Hall–Kier alpha value is -1.94. The lowest BCUT2D eigenvalue weighted by Gasteiger charge is -2.21. The van der Waals surface area contributed by atoms with Gasteiger partial charge in [0, 0.05) is 25.7 Å². The van der Waals surface area contributed by atoms with Crippen LogP contribution in [-0.2, 0) is 65.4 Å². The second-order valence-electron chi connectivity index (χ2n) is 27.5. The maximum atomic E-state index is 13.1. The number of aliphatic hydroxyl groups is 1. The number of phosphoric ester groups is 2. The standard InChI is InChI=1S/C75H146O17P2/c1-7-11-13-15-17-19-20-21-22-23-24-25-26-27-28-29-30-32-41-47-53-59-74(79)91-70(64-86-73(78)58-52-46-40-35-33-37-43-49-55-67(5)9-3)65-89-93(81,82)87-61-69(76)62-88-94(83,84)90-66-71(63-85-72(77)57-51-45-39-31-18-16-14-12-8-2)92-75(80)60-54-48-42-36-34-38-44-50-56-68(6)10-4/h67-71,76H,7-66H2,1-6H3,(H,81,82)(H,83,84)/t67?,68?,69-,70-,71-/m1/s1. The molecule has 0 aromatic heterocycles. The van der Waals surface area contributed by atoms with Gasteiger partial charge in [0.2, 0.25) is 0 Å². The zero-order valence-corrected chi connectivity index (χ0v) is 63.1. The number of esters is 4. The summed E-state index contributed by atoms with van der Waals surface area (Å²) < 4.78 is 68.4. The Morgan fingerprint density at radius 3 is 0.755 bits per heavy atom. The molecular weight excluding hydrogens is 1230 g/mol. The molecule has 0 spiro atoms. The Morgan fingerprint density at radius 1 is 0.298 bits per heavy atom. The van der Waals surface area contributed by atoms with Gasteiger partial charge in [0.15, 0.2) is 12.2 Å². The van der Waals surface area contributed by atoms with Crippen molar-refractivity contribution in [2.24, 2.45) is 11.8 Å². The van der Waals surface area contributed by atoms with Gasteiger partial charge in [0.25, 0.3) is 0 Å². The van der Waals surface area contributed by atoms with Crippen LogP contribution < -0.4 is 0 Å². The van der Waals surface area contributed by atoms with Crippen molar-refractivity contribution in [3.8, 4) is 0 Å². The second kappa shape index (κ2) is 66.9. The first-order valence-corrected chi connectivity index (χ1v) is 42.1. The summed E-state index contributed by atoms with van der Waals surface area (Å²) >= 11 is 0. The summed E-state index contributed by atoms with van der Waals surface area (Å²) in [5.74, 6) is -0.574. The molecule has 558 valence electrons. The van der Waals surface area contributed by atoms with E-state index in [1.54, 1.807) is 0 Å². The molecule has 0 aromatic carbocycles. The van der Waals surface area contributed by atoms with E-state index in [9.17, 15) is 43.2 Å². The van der Waals surface area contributed by atoms with Gasteiger partial charge in [0.05, 0.1) is 26.4 Å². The van der Waals surface area contributed by atoms with Crippen LogP contribution in [0.3, 0.4) is 0 Å². The number of carbonyl (C=O) groups is 4. The number of hydrogen-bond donors (Lipinski definition) is 3. The van der Waals surface area contributed by atoms with E-state index in [1.165, 1.54) is 205 Å². The lowest BCUT2D eigenvalue weighted by molar-refractivity contribution is -0.161. The molecule has 0 bridgehead atoms. The van der Waals surface area contributed by atoms with E-state index >= 15 is 0 Å². The van der Waals surface area contributed by atoms with Gasteiger partial charge in [0.1, 0.15) is 19.3 Å². The number of carbonyl (C=O) groups excluding carboxylic acids is 4. The normalized spacial score (nSPS) is 14.6. The summed E-state index contributed by atoms with van der Waals surface area (Å²) in [7, 11) is -9.91. The molecule has 0 heterocycles. The molecule has 0 aromatic rings. The molecule has 19 heteroatoms. The van der Waals surface area contributed by atoms with E-state index in [-0.39, 0.29) is 25.7 Å². The summed E-state index contributed by atoms with van der Waals surface area (Å²) in [4.78, 5) is 72.7. The van der Waals surface area contributed by atoms with Crippen LogP contribution in [0.25, 0.3) is 0 Å². The molecule has 17 nitrogen and oxygen atoms in total. The van der Waals surface area contributed by atoms with E-state index in [0.717, 1.165) is 102 Å². The minimum absolute atomic E-state index is 0.105. The molecule has 0 saturated carbocycles. The first-order chi connectivity index (χ1) is 45.4. The predicted octanol–water partition coefficient (Wildman–Crippen LogP) is 21.9. The minimum atomic E-state index is -4.96. The van der Waals surface area contributed by atoms with Crippen molar-refractivity contribution in [2.45, 2.75) is 407 Å². The molecule has 0 aliphatic carbocycles. The van der Waals surface area contributed by atoms with Gasteiger partial charge in [-0.25, -0.2) is 9.13 Å². The summed E-state index contributed by atoms with van der Waals surface area (Å²) in [5.41, 5.74) is 0. The van der Waals surface area contributed by atoms with Crippen LogP contribution in [0.2, 0.25) is 0 Å². The number of unbranched alkanes of at least 4 members (excludes halogenated alkanes) is 42. The number of aliphatic hydroxyl groups excluding tert-OH is 1. The molecule has 0 radical (unpaired) electrons. The molecule has 4 unspecified atom stereocenters. The van der Waals surface area contributed by atoms with E-state index < -0.39 is 97.5 Å². The summed E-state index contributed by atoms with van der Waals surface area (Å²) in [6.07, 6.45) is 54.2. The van der Waals surface area contributed by atoms with Gasteiger partial charge in [-0.1, -0.05) is 337 Å². The Balaban J connectivity index is 5.19. The van der Waals surface area contributed by atoms with Gasteiger partial charge >= 0.3 is 39.5 Å². The zero-order chi connectivity index (χ0) is 69.3. The maximum absolute atomic E-state index is 13.1. The van der Waals surface area contributed by atoms with Crippen LogP contribution >= 0.6 is 15.6 Å². The first-order valence-electron chi connectivity index (χ1n) is 39.1. The molecule has 0 amide bonds. The molecule has 3 N–H and O–H groups in total. The van der Waals surface area contributed by atoms with Crippen molar-refractivity contribution < 1.29 is 80.2 Å². The Kier molecular flexibility index (Phi) is 65.5. The van der Waals surface area contributed by atoms with E-state index in [2.05, 4.69) is 41.5 Å².